The lowest BCUT2D eigenvalue weighted by atomic mass is 9.93. The van der Waals surface area contributed by atoms with Crippen LogP contribution in [0, 0.1) is 0 Å². The monoisotopic (exact) mass is 382 g/mol. The van der Waals surface area contributed by atoms with Gasteiger partial charge in [0.1, 0.15) is 17.0 Å². The van der Waals surface area contributed by atoms with E-state index in [0.717, 1.165) is 46.8 Å². The summed E-state index contributed by atoms with van der Waals surface area (Å²) in [5.74, 6) is 0.936. The number of benzene rings is 2. The van der Waals surface area contributed by atoms with Crippen LogP contribution < -0.4 is 9.64 Å². The number of thiazole rings is 1. The summed E-state index contributed by atoms with van der Waals surface area (Å²) in [4.78, 5) is 6.94. The molecule has 0 saturated heterocycles. The molecule has 27 heavy (non-hydrogen) atoms. The SMILES string of the molecule is CCCOc1c(-c2nc3ccccc3s2)ccc2c1CC[C@H](C)N2C(C)O. The number of hydrogen-bond donors (Lipinski definition) is 1. The molecule has 0 spiro atoms. The highest BCUT2D eigenvalue weighted by Gasteiger charge is 2.30. The number of hydrogen-bond acceptors (Lipinski definition) is 5. The lowest BCUT2D eigenvalue weighted by molar-refractivity contribution is 0.174. The molecule has 0 bridgehead atoms. The predicted molar refractivity (Wildman–Crippen MR) is 113 cm³/mol. The molecular weight excluding hydrogens is 356 g/mol. The Balaban J connectivity index is 1.87. The van der Waals surface area contributed by atoms with Gasteiger partial charge in [0, 0.05) is 17.3 Å². The number of anilines is 1. The molecule has 1 unspecified atom stereocenters. The van der Waals surface area contributed by atoms with Crippen LogP contribution in [0.4, 0.5) is 5.69 Å². The summed E-state index contributed by atoms with van der Waals surface area (Å²) in [7, 11) is 0. The second-order valence-corrected chi connectivity index (χ2v) is 8.23. The second kappa shape index (κ2) is 7.49. The maximum absolute atomic E-state index is 10.3. The summed E-state index contributed by atoms with van der Waals surface area (Å²) in [5, 5.41) is 11.3. The molecule has 2 atom stereocenters. The quantitative estimate of drug-likeness (QED) is 0.656. The van der Waals surface area contributed by atoms with Gasteiger partial charge in [0.2, 0.25) is 0 Å². The van der Waals surface area contributed by atoms with Crippen LogP contribution in [0.2, 0.25) is 0 Å². The third-order valence-corrected chi connectivity index (χ3v) is 6.25. The number of aromatic nitrogens is 1. The molecule has 4 nitrogen and oxygen atoms in total. The number of aliphatic hydroxyl groups is 1. The highest BCUT2D eigenvalue weighted by atomic mass is 32.1. The van der Waals surface area contributed by atoms with Crippen LogP contribution in [0.15, 0.2) is 36.4 Å². The van der Waals surface area contributed by atoms with E-state index in [1.165, 1.54) is 10.3 Å². The first kappa shape index (κ1) is 18.3. The average Bonchev–Trinajstić information content (AvgIpc) is 3.09. The fourth-order valence-electron chi connectivity index (χ4n) is 3.93. The fraction of sp³-hybridized carbons (Fsp3) is 0.409. The lowest BCUT2D eigenvalue weighted by Gasteiger charge is -2.40. The van der Waals surface area contributed by atoms with Gasteiger partial charge >= 0.3 is 0 Å². The first-order valence-electron chi connectivity index (χ1n) is 9.71. The van der Waals surface area contributed by atoms with Gasteiger partial charge in [-0.3, -0.25) is 0 Å². The number of ether oxygens (including phenoxy) is 1. The smallest absolute Gasteiger partial charge is 0.134 e. The molecule has 0 aliphatic carbocycles. The third kappa shape index (κ3) is 3.30. The highest BCUT2D eigenvalue weighted by molar-refractivity contribution is 7.21. The van der Waals surface area contributed by atoms with Crippen molar-refractivity contribution in [2.45, 2.75) is 52.3 Å². The topological polar surface area (TPSA) is 45.6 Å². The molecule has 0 amide bonds. The normalized spacial score (nSPS) is 17.8. The van der Waals surface area contributed by atoms with Crippen LogP contribution in [0.5, 0.6) is 5.75 Å². The molecular formula is C22H26N2O2S. The molecule has 1 aliphatic heterocycles. The Morgan fingerprint density at radius 2 is 2.11 bits per heavy atom. The lowest BCUT2D eigenvalue weighted by Crippen LogP contribution is -2.43. The minimum Gasteiger partial charge on any atom is -0.492 e. The van der Waals surface area contributed by atoms with Crippen LogP contribution in [-0.2, 0) is 6.42 Å². The van der Waals surface area contributed by atoms with E-state index in [2.05, 4.69) is 43.0 Å². The Labute approximate surface area is 164 Å². The first-order chi connectivity index (χ1) is 13.1. The summed E-state index contributed by atoms with van der Waals surface area (Å²) in [5.41, 5.74) is 4.36. The Hall–Kier alpha value is -2.11. The number of para-hydroxylation sites is 1. The maximum atomic E-state index is 10.3. The van der Waals surface area contributed by atoms with E-state index in [0.29, 0.717) is 12.6 Å². The molecule has 1 aromatic heterocycles. The Morgan fingerprint density at radius 3 is 2.85 bits per heavy atom. The maximum Gasteiger partial charge on any atom is 0.134 e. The molecule has 1 aliphatic rings. The van der Waals surface area contributed by atoms with Gasteiger partial charge in [0.15, 0.2) is 0 Å². The summed E-state index contributed by atoms with van der Waals surface area (Å²) < 4.78 is 7.44. The molecule has 0 radical (unpaired) electrons. The van der Waals surface area contributed by atoms with E-state index in [-0.39, 0.29) is 0 Å². The molecule has 2 aromatic carbocycles. The summed E-state index contributed by atoms with van der Waals surface area (Å²) in [6.07, 6.45) is 2.40. The van der Waals surface area contributed by atoms with Gasteiger partial charge in [-0.1, -0.05) is 19.1 Å². The van der Waals surface area contributed by atoms with Crippen LogP contribution in [0.3, 0.4) is 0 Å². The van der Waals surface area contributed by atoms with Crippen LogP contribution >= 0.6 is 11.3 Å². The van der Waals surface area contributed by atoms with E-state index in [1.54, 1.807) is 11.3 Å². The Morgan fingerprint density at radius 1 is 1.30 bits per heavy atom. The van der Waals surface area contributed by atoms with Crippen molar-refractivity contribution in [1.82, 2.24) is 4.98 Å². The average molecular weight is 383 g/mol. The minimum absolute atomic E-state index is 0.310. The molecule has 3 aromatic rings. The molecule has 5 heteroatoms. The van der Waals surface area contributed by atoms with Crippen molar-refractivity contribution >= 4 is 27.2 Å². The number of nitrogens with zero attached hydrogens (tertiary/aromatic N) is 2. The first-order valence-corrected chi connectivity index (χ1v) is 10.5. The third-order valence-electron chi connectivity index (χ3n) is 5.18. The molecule has 4 rings (SSSR count). The zero-order chi connectivity index (χ0) is 19.0. The van der Waals surface area contributed by atoms with E-state index in [9.17, 15) is 5.11 Å². The summed E-state index contributed by atoms with van der Waals surface area (Å²) in [6, 6.07) is 12.8. The van der Waals surface area contributed by atoms with Gasteiger partial charge in [-0.15, -0.1) is 11.3 Å². The molecule has 1 N–H and O–H groups in total. The van der Waals surface area contributed by atoms with Crippen molar-refractivity contribution < 1.29 is 9.84 Å². The van der Waals surface area contributed by atoms with E-state index < -0.39 is 6.23 Å². The zero-order valence-electron chi connectivity index (χ0n) is 16.1. The molecule has 2 heterocycles. The van der Waals surface area contributed by atoms with Gasteiger partial charge in [0.25, 0.3) is 0 Å². The zero-order valence-corrected chi connectivity index (χ0v) is 16.9. The number of rotatable bonds is 5. The fourth-order valence-corrected chi connectivity index (χ4v) is 4.91. The van der Waals surface area contributed by atoms with Crippen molar-refractivity contribution in [3.8, 4) is 16.3 Å². The number of fused-ring (bicyclic) bond motifs is 2. The Bertz CT molecular complexity index is 918. The van der Waals surface area contributed by atoms with Crippen LogP contribution in [0.25, 0.3) is 20.8 Å². The second-order valence-electron chi connectivity index (χ2n) is 7.20. The van der Waals surface area contributed by atoms with Gasteiger partial charge in [-0.25, -0.2) is 4.98 Å². The van der Waals surface area contributed by atoms with Gasteiger partial charge in [0.05, 0.1) is 22.4 Å². The molecule has 0 saturated carbocycles. The van der Waals surface area contributed by atoms with Crippen molar-refractivity contribution in [3.05, 3.63) is 42.0 Å². The molecule has 142 valence electrons. The minimum atomic E-state index is -0.522. The van der Waals surface area contributed by atoms with E-state index in [1.807, 2.05) is 19.1 Å². The van der Waals surface area contributed by atoms with Gasteiger partial charge in [-0.2, -0.15) is 0 Å². The highest BCUT2D eigenvalue weighted by Crippen LogP contribution is 2.45. The summed E-state index contributed by atoms with van der Waals surface area (Å²) in [6.45, 7) is 6.80. The van der Waals surface area contributed by atoms with Gasteiger partial charge in [-0.05, 0) is 57.4 Å². The van der Waals surface area contributed by atoms with Crippen LogP contribution in [0.1, 0.15) is 39.2 Å². The largest absolute Gasteiger partial charge is 0.492 e. The van der Waals surface area contributed by atoms with Crippen molar-refractivity contribution in [2.75, 3.05) is 11.5 Å². The van der Waals surface area contributed by atoms with E-state index >= 15 is 0 Å². The van der Waals surface area contributed by atoms with E-state index in [4.69, 9.17) is 9.72 Å². The Kier molecular flexibility index (Phi) is 5.06. The van der Waals surface area contributed by atoms with Crippen LogP contribution in [-0.4, -0.2) is 29.0 Å². The predicted octanol–water partition coefficient (Wildman–Crippen LogP) is 5.23. The van der Waals surface area contributed by atoms with Crippen molar-refractivity contribution in [2.24, 2.45) is 0 Å². The standard InChI is InChI=1S/C22H26N2O2S/c1-4-13-26-21-16-10-9-14(2)24(15(3)25)19(16)12-11-17(21)22-23-18-7-5-6-8-20(18)27-22/h5-8,11-12,14-15,25H,4,9-10,13H2,1-3H3/t14-,15?/m0/s1. The van der Waals surface area contributed by atoms with Gasteiger partial charge < -0.3 is 14.7 Å². The summed E-state index contributed by atoms with van der Waals surface area (Å²) >= 11 is 1.70. The van der Waals surface area contributed by atoms with Crippen molar-refractivity contribution in [1.29, 1.82) is 0 Å². The van der Waals surface area contributed by atoms with Crippen molar-refractivity contribution in [3.63, 3.8) is 0 Å². The number of aliphatic hydroxyl groups excluding tert-OH is 1. The molecule has 0 fully saturated rings.